The minimum absolute atomic E-state index is 0.0532. The van der Waals surface area contributed by atoms with E-state index in [0.717, 1.165) is 24.3 Å². The van der Waals surface area contributed by atoms with Crippen molar-refractivity contribution in [2.45, 2.75) is 19.4 Å². The number of nitrogens with zero attached hydrogens (tertiary/aromatic N) is 3. The molecule has 5 nitrogen and oxygen atoms in total. The van der Waals surface area contributed by atoms with Gasteiger partial charge in [0.2, 0.25) is 5.91 Å². The molecule has 31 heavy (non-hydrogen) atoms. The Morgan fingerprint density at radius 1 is 0.935 bits per heavy atom. The second-order valence-electron chi connectivity index (χ2n) is 7.88. The lowest BCUT2D eigenvalue weighted by Crippen LogP contribution is -2.49. The van der Waals surface area contributed by atoms with Crippen LogP contribution in [-0.4, -0.2) is 47.3 Å². The molecule has 4 rings (SSSR count). The highest BCUT2D eigenvalue weighted by molar-refractivity contribution is 5.94. The lowest BCUT2D eigenvalue weighted by Gasteiger charge is -2.37. The molecule has 2 aromatic carbocycles. The summed E-state index contributed by atoms with van der Waals surface area (Å²) in [6, 6.07) is 17.6. The molecule has 3 aromatic rings. The Bertz CT molecular complexity index is 1040. The van der Waals surface area contributed by atoms with Crippen LogP contribution < -0.4 is 4.90 Å². The molecule has 0 bridgehead atoms. The first-order valence-electron chi connectivity index (χ1n) is 10.5. The van der Waals surface area contributed by atoms with Gasteiger partial charge < -0.3 is 14.4 Å². The minimum atomic E-state index is -0.300. The van der Waals surface area contributed by atoms with Crippen LogP contribution in [0.2, 0.25) is 0 Å². The van der Waals surface area contributed by atoms with Crippen LogP contribution >= 0.6 is 0 Å². The van der Waals surface area contributed by atoms with Gasteiger partial charge in [0.25, 0.3) is 0 Å². The summed E-state index contributed by atoms with van der Waals surface area (Å²) in [5, 5.41) is 0. The number of rotatable bonds is 6. The van der Waals surface area contributed by atoms with Crippen LogP contribution in [0.3, 0.4) is 0 Å². The molecule has 0 saturated carbocycles. The zero-order valence-electron chi connectivity index (χ0n) is 17.6. The van der Waals surface area contributed by atoms with E-state index in [4.69, 9.17) is 0 Å². The summed E-state index contributed by atoms with van der Waals surface area (Å²) in [5.74, 6) is -0.182. The third kappa shape index (κ3) is 4.85. The van der Waals surface area contributed by atoms with Crippen molar-refractivity contribution in [2.75, 3.05) is 31.1 Å². The predicted molar refractivity (Wildman–Crippen MR) is 119 cm³/mol. The van der Waals surface area contributed by atoms with Crippen LogP contribution in [0.25, 0.3) is 0 Å². The van der Waals surface area contributed by atoms with Gasteiger partial charge in [0.15, 0.2) is 5.78 Å². The summed E-state index contributed by atoms with van der Waals surface area (Å²) in [4.78, 5) is 28.7. The second kappa shape index (κ2) is 9.16. The zero-order valence-corrected chi connectivity index (χ0v) is 17.6. The predicted octanol–water partition coefficient (Wildman–Crippen LogP) is 4.16. The maximum atomic E-state index is 13.8. The summed E-state index contributed by atoms with van der Waals surface area (Å²) < 4.78 is 15.8. The number of ketones is 1. The molecule has 2 heterocycles. The molecule has 160 valence electrons. The SMILES string of the molecule is CC(=O)c1ccc(N2CCN(C(=O)C[C@H](c3cccc(F)c3)n3cccc3)CC2)cc1. The molecule has 1 aromatic heterocycles. The van der Waals surface area contributed by atoms with E-state index in [-0.39, 0.29) is 30.0 Å². The first-order chi connectivity index (χ1) is 15.0. The summed E-state index contributed by atoms with van der Waals surface area (Å²) in [6.45, 7) is 4.30. The Morgan fingerprint density at radius 2 is 1.61 bits per heavy atom. The van der Waals surface area contributed by atoms with Gasteiger partial charge in [0.1, 0.15) is 5.82 Å². The Hall–Kier alpha value is -3.41. The number of anilines is 1. The van der Waals surface area contributed by atoms with Crippen LogP contribution in [0.15, 0.2) is 73.1 Å². The fourth-order valence-electron chi connectivity index (χ4n) is 4.08. The van der Waals surface area contributed by atoms with Crippen molar-refractivity contribution < 1.29 is 14.0 Å². The maximum Gasteiger partial charge on any atom is 0.225 e. The first kappa shape index (κ1) is 20.8. The number of halogens is 1. The molecule has 1 saturated heterocycles. The molecule has 1 aliphatic rings. The maximum absolute atomic E-state index is 13.8. The Balaban J connectivity index is 1.41. The van der Waals surface area contributed by atoms with Crippen molar-refractivity contribution in [3.8, 4) is 0 Å². The molecule has 1 atom stereocenters. The number of piperazine rings is 1. The molecular formula is C25H26FN3O2. The normalized spacial score (nSPS) is 15.0. The summed E-state index contributed by atoms with van der Waals surface area (Å²) >= 11 is 0. The van der Waals surface area contributed by atoms with E-state index >= 15 is 0 Å². The van der Waals surface area contributed by atoms with E-state index in [9.17, 15) is 14.0 Å². The lowest BCUT2D eigenvalue weighted by molar-refractivity contribution is -0.132. The van der Waals surface area contributed by atoms with Crippen LogP contribution in [0.4, 0.5) is 10.1 Å². The number of amides is 1. The summed E-state index contributed by atoms with van der Waals surface area (Å²) in [6.07, 6.45) is 4.10. The number of Topliss-reactive ketones (excluding diaryl/α,β-unsaturated/α-hetero) is 1. The van der Waals surface area contributed by atoms with E-state index in [1.54, 1.807) is 13.0 Å². The molecule has 0 N–H and O–H groups in total. The van der Waals surface area contributed by atoms with E-state index in [0.29, 0.717) is 18.7 Å². The molecule has 6 heteroatoms. The van der Waals surface area contributed by atoms with Gasteiger partial charge in [-0.1, -0.05) is 12.1 Å². The smallest absolute Gasteiger partial charge is 0.225 e. The van der Waals surface area contributed by atoms with Crippen molar-refractivity contribution >= 4 is 17.4 Å². The topological polar surface area (TPSA) is 45.6 Å². The van der Waals surface area contributed by atoms with E-state index in [1.807, 2.05) is 64.3 Å². The Kier molecular flexibility index (Phi) is 6.16. The minimum Gasteiger partial charge on any atom is -0.368 e. The highest BCUT2D eigenvalue weighted by Gasteiger charge is 2.25. The van der Waals surface area contributed by atoms with Crippen molar-refractivity contribution in [2.24, 2.45) is 0 Å². The molecule has 1 amide bonds. The molecule has 0 aliphatic carbocycles. The molecule has 1 fully saturated rings. The quantitative estimate of drug-likeness (QED) is 0.564. The van der Waals surface area contributed by atoms with Gasteiger partial charge in [-0.15, -0.1) is 0 Å². The van der Waals surface area contributed by atoms with Gasteiger partial charge in [-0.25, -0.2) is 4.39 Å². The van der Waals surface area contributed by atoms with Crippen molar-refractivity contribution in [1.29, 1.82) is 0 Å². The van der Waals surface area contributed by atoms with Crippen LogP contribution in [0, 0.1) is 5.82 Å². The third-order valence-corrected chi connectivity index (χ3v) is 5.86. The van der Waals surface area contributed by atoms with Gasteiger partial charge in [0.05, 0.1) is 12.5 Å². The number of carbonyl (C=O) groups is 2. The first-order valence-corrected chi connectivity index (χ1v) is 10.5. The largest absolute Gasteiger partial charge is 0.368 e. The van der Waals surface area contributed by atoms with Gasteiger partial charge in [-0.05, 0) is 61.0 Å². The molecule has 0 unspecified atom stereocenters. The van der Waals surface area contributed by atoms with Gasteiger partial charge in [-0.2, -0.15) is 0 Å². The van der Waals surface area contributed by atoms with Crippen LogP contribution in [-0.2, 0) is 4.79 Å². The van der Waals surface area contributed by atoms with Gasteiger partial charge in [0, 0.05) is 49.8 Å². The van der Waals surface area contributed by atoms with Gasteiger partial charge >= 0.3 is 0 Å². The van der Waals surface area contributed by atoms with Gasteiger partial charge in [-0.3, -0.25) is 9.59 Å². The molecule has 0 radical (unpaired) electrons. The van der Waals surface area contributed by atoms with E-state index in [1.165, 1.54) is 12.1 Å². The summed E-state index contributed by atoms with van der Waals surface area (Å²) in [7, 11) is 0. The number of aromatic nitrogens is 1. The number of hydrogen-bond donors (Lipinski definition) is 0. The number of benzene rings is 2. The zero-order chi connectivity index (χ0) is 21.8. The average Bonchev–Trinajstić information content (AvgIpc) is 3.32. The van der Waals surface area contributed by atoms with Crippen LogP contribution in [0.5, 0.6) is 0 Å². The summed E-state index contributed by atoms with van der Waals surface area (Å²) in [5.41, 5.74) is 2.54. The van der Waals surface area contributed by atoms with Crippen molar-refractivity contribution in [1.82, 2.24) is 9.47 Å². The fourth-order valence-corrected chi connectivity index (χ4v) is 4.08. The van der Waals surface area contributed by atoms with E-state index in [2.05, 4.69) is 4.90 Å². The monoisotopic (exact) mass is 419 g/mol. The van der Waals surface area contributed by atoms with E-state index < -0.39 is 0 Å². The number of hydrogen-bond acceptors (Lipinski definition) is 3. The van der Waals surface area contributed by atoms with Crippen LogP contribution in [0.1, 0.15) is 35.3 Å². The second-order valence-corrected chi connectivity index (χ2v) is 7.88. The fraction of sp³-hybridized carbons (Fsp3) is 0.280. The number of carbonyl (C=O) groups excluding carboxylic acids is 2. The lowest BCUT2D eigenvalue weighted by atomic mass is 10.0. The molecule has 0 spiro atoms. The highest BCUT2D eigenvalue weighted by Crippen LogP contribution is 2.25. The Labute approximate surface area is 181 Å². The standard InChI is InChI=1S/C25H26FN3O2/c1-19(30)20-7-9-23(10-8-20)27-13-15-29(16-14-27)25(31)18-24(28-11-2-3-12-28)21-5-4-6-22(26)17-21/h2-12,17,24H,13-16,18H2,1H3/t24-/m1/s1. The van der Waals surface area contributed by atoms with Crippen molar-refractivity contribution in [3.63, 3.8) is 0 Å². The molecule has 1 aliphatic heterocycles. The highest BCUT2D eigenvalue weighted by atomic mass is 19.1. The molecular weight excluding hydrogens is 393 g/mol. The third-order valence-electron chi connectivity index (χ3n) is 5.86. The average molecular weight is 420 g/mol. The Morgan fingerprint density at radius 3 is 2.23 bits per heavy atom. The van der Waals surface area contributed by atoms with Crippen molar-refractivity contribution in [3.05, 3.63) is 90.0 Å².